The van der Waals surface area contributed by atoms with E-state index in [4.69, 9.17) is 0 Å². The highest BCUT2D eigenvalue weighted by atomic mass is 19.4. The van der Waals surface area contributed by atoms with Crippen LogP contribution in [-0.4, -0.2) is 24.1 Å². The lowest BCUT2D eigenvalue weighted by molar-refractivity contribution is -0.137. The number of hydrogen-bond acceptors (Lipinski definition) is 4. The van der Waals surface area contributed by atoms with Crippen molar-refractivity contribution in [3.05, 3.63) is 70.5 Å². The SMILES string of the molecule is Cc1ccc(C2CC(/N=C(/NC(=O)c3ccc(C(F)(F)F)cc3)NC3CCC3)NN2)cc1F. The molecule has 1 aliphatic heterocycles. The minimum Gasteiger partial charge on any atom is -0.353 e. The van der Waals surface area contributed by atoms with Crippen LogP contribution in [0.5, 0.6) is 0 Å². The number of nitrogens with zero attached hydrogens (tertiary/aromatic N) is 1. The molecule has 6 nitrogen and oxygen atoms in total. The molecule has 4 N–H and O–H groups in total. The lowest BCUT2D eigenvalue weighted by Crippen LogP contribution is -2.49. The second kappa shape index (κ2) is 9.48. The second-order valence-corrected chi connectivity index (χ2v) is 8.38. The predicted molar refractivity (Wildman–Crippen MR) is 116 cm³/mol. The van der Waals surface area contributed by atoms with Crippen LogP contribution in [0.2, 0.25) is 0 Å². The Kier molecular flexibility index (Phi) is 6.66. The van der Waals surface area contributed by atoms with Gasteiger partial charge in [0.2, 0.25) is 0 Å². The Morgan fingerprint density at radius 2 is 1.82 bits per heavy atom. The minimum atomic E-state index is -4.47. The Morgan fingerprint density at radius 1 is 1.09 bits per heavy atom. The second-order valence-electron chi connectivity index (χ2n) is 8.38. The van der Waals surface area contributed by atoms with Gasteiger partial charge in [0.05, 0.1) is 5.56 Å². The molecule has 2 unspecified atom stereocenters. The quantitative estimate of drug-likeness (QED) is 0.315. The molecule has 0 radical (unpaired) electrons. The molecule has 1 aliphatic carbocycles. The fraction of sp³-hybridized carbons (Fsp3) is 0.391. The molecule has 1 saturated carbocycles. The molecule has 0 bridgehead atoms. The number of aryl methyl sites for hydroxylation is 1. The topological polar surface area (TPSA) is 77.5 Å². The van der Waals surface area contributed by atoms with E-state index in [1.54, 1.807) is 13.0 Å². The summed E-state index contributed by atoms with van der Waals surface area (Å²) >= 11 is 0. The summed E-state index contributed by atoms with van der Waals surface area (Å²) in [6.07, 6.45) is -1.38. The van der Waals surface area contributed by atoms with Crippen molar-refractivity contribution in [1.29, 1.82) is 0 Å². The average Bonchev–Trinajstić information content (AvgIpc) is 3.20. The van der Waals surface area contributed by atoms with Crippen LogP contribution in [0.3, 0.4) is 0 Å². The van der Waals surface area contributed by atoms with E-state index >= 15 is 0 Å². The zero-order chi connectivity index (χ0) is 23.6. The van der Waals surface area contributed by atoms with Crippen LogP contribution < -0.4 is 21.5 Å². The van der Waals surface area contributed by atoms with Crippen LogP contribution in [0.25, 0.3) is 0 Å². The first kappa shape index (κ1) is 23.2. The number of hydrazine groups is 1. The molecular weight excluding hydrogens is 438 g/mol. The van der Waals surface area contributed by atoms with Crippen LogP contribution in [0, 0.1) is 12.7 Å². The average molecular weight is 463 g/mol. The molecule has 176 valence electrons. The van der Waals surface area contributed by atoms with Gasteiger partial charge in [-0.2, -0.15) is 13.2 Å². The maximum atomic E-state index is 13.9. The molecule has 4 rings (SSSR count). The van der Waals surface area contributed by atoms with Crippen LogP contribution in [-0.2, 0) is 6.18 Å². The summed E-state index contributed by atoms with van der Waals surface area (Å²) in [6, 6.07) is 9.09. The third-order valence-corrected chi connectivity index (χ3v) is 5.92. The van der Waals surface area contributed by atoms with Crippen molar-refractivity contribution >= 4 is 11.9 Å². The summed E-state index contributed by atoms with van der Waals surface area (Å²) in [5, 5.41) is 5.88. The van der Waals surface area contributed by atoms with Gasteiger partial charge >= 0.3 is 6.18 Å². The summed E-state index contributed by atoms with van der Waals surface area (Å²) in [5.74, 6) is -0.588. The number of carbonyl (C=O) groups is 1. The monoisotopic (exact) mass is 463 g/mol. The zero-order valence-corrected chi connectivity index (χ0v) is 18.0. The van der Waals surface area contributed by atoms with Crippen molar-refractivity contribution < 1.29 is 22.4 Å². The van der Waals surface area contributed by atoms with Gasteiger partial charge in [-0.1, -0.05) is 12.1 Å². The fourth-order valence-corrected chi connectivity index (χ4v) is 3.67. The number of amides is 1. The summed E-state index contributed by atoms with van der Waals surface area (Å²) < 4.78 is 52.3. The Hall–Kier alpha value is -2.98. The number of nitrogens with one attached hydrogen (secondary N) is 4. The maximum absolute atomic E-state index is 13.9. The molecule has 1 heterocycles. The number of hydrogen-bond donors (Lipinski definition) is 4. The maximum Gasteiger partial charge on any atom is 0.416 e. The molecule has 0 spiro atoms. The number of alkyl halides is 3. The first-order valence-electron chi connectivity index (χ1n) is 10.8. The summed E-state index contributed by atoms with van der Waals surface area (Å²) in [5.41, 5.74) is 6.76. The smallest absolute Gasteiger partial charge is 0.353 e. The van der Waals surface area contributed by atoms with Gasteiger partial charge in [-0.3, -0.25) is 10.1 Å². The van der Waals surface area contributed by atoms with E-state index in [2.05, 4.69) is 26.5 Å². The molecule has 0 aromatic heterocycles. The van der Waals surface area contributed by atoms with Crippen molar-refractivity contribution in [3.63, 3.8) is 0 Å². The van der Waals surface area contributed by atoms with E-state index in [0.29, 0.717) is 12.0 Å². The Bertz CT molecular complexity index is 1030. The largest absolute Gasteiger partial charge is 0.416 e. The van der Waals surface area contributed by atoms with Crippen molar-refractivity contribution in [3.8, 4) is 0 Å². The van der Waals surface area contributed by atoms with Crippen molar-refractivity contribution in [2.45, 2.75) is 57.0 Å². The molecule has 2 aromatic rings. The number of benzene rings is 2. The third-order valence-electron chi connectivity index (χ3n) is 5.92. The molecule has 2 fully saturated rings. The van der Waals surface area contributed by atoms with Crippen LogP contribution >= 0.6 is 0 Å². The lowest BCUT2D eigenvalue weighted by Gasteiger charge is -2.28. The number of halogens is 4. The molecule has 2 aliphatic rings. The summed E-state index contributed by atoms with van der Waals surface area (Å²) in [7, 11) is 0. The zero-order valence-electron chi connectivity index (χ0n) is 18.0. The highest BCUT2D eigenvalue weighted by Gasteiger charge is 2.30. The van der Waals surface area contributed by atoms with Crippen molar-refractivity contribution in [1.82, 2.24) is 21.5 Å². The normalized spacial score (nSPS) is 21.5. The number of guanidine groups is 1. The van der Waals surface area contributed by atoms with E-state index in [0.717, 1.165) is 49.1 Å². The Morgan fingerprint density at radius 3 is 2.42 bits per heavy atom. The molecule has 2 atom stereocenters. The van der Waals surface area contributed by atoms with Crippen LogP contribution in [0.15, 0.2) is 47.5 Å². The highest BCUT2D eigenvalue weighted by molar-refractivity contribution is 6.05. The number of carbonyl (C=O) groups excluding carboxylic acids is 1. The van der Waals surface area contributed by atoms with Gasteiger partial charge in [-0.05, 0) is 67.6 Å². The fourth-order valence-electron chi connectivity index (χ4n) is 3.67. The van der Waals surface area contributed by atoms with Gasteiger partial charge in [0.25, 0.3) is 5.91 Å². The first-order valence-corrected chi connectivity index (χ1v) is 10.8. The third kappa shape index (κ3) is 5.69. The molecule has 33 heavy (non-hydrogen) atoms. The molecular formula is C23H25F4N5O. The Balaban J connectivity index is 1.45. The van der Waals surface area contributed by atoms with Crippen LogP contribution in [0.1, 0.15) is 58.8 Å². The molecule has 2 aromatic carbocycles. The van der Waals surface area contributed by atoms with E-state index in [1.165, 1.54) is 6.07 Å². The first-order chi connectivity index (χ1) is 15.7. The standard InChI is InChI=1S/C23H25F4N5O/c1-13-5-6-15(11-18(13)24)19-12-20(32-31-19)29-22(28-17-3-2-4-17)30-21(33)14-7-9-16(10-8-14)23(25,26)27/h5-11,17,19-20,31-32H,2-4,12H2,1H3,(H2,28,29,30,33). The van der Waals surface area contributed by atoms with Crippen molar-refractivity contribution in [2.24, 2.45) is 4.99 Å². The van der Waals surface area contributed by atoms with Gasteiger partial charge in [-0.15, -0.1) is 0 Å². The van der Waals surface area contributed by atoms with E-state index < -0.39 is 23.8 Å². The predicted octanol–water partition coefficient (Wildman–Crippen LogP) is 3.95. The molecule has 1 amide bonds. The summed E-state index contributed by atoms with van der Waals surface area (Å²) in [6.45, 7) is 1.70. The molecule has 1 saturated heterocycles. The van der Waals surface area contributed by atoms with Crippen LogP contribution in [0.4, 0.5) is 17.6 Å². The minimum absolute atomic E-state index is 0.0941. The van der Waals surface area contributed by atoms with Gasteiger partial charge in [0.15, 0.2) is 5.96 Å². The summed E-state index contributed by atoms with van der Waals surface area (Å²) in [4.78, 5) is 17.2. The van der Waals surface area contributed by atoms with Crippen molar-refractivity contribution in [2.75, 3.05) is 0 Å². The number of rotatable bonds is 4. The van der Waals surface area contributed by atoms with E-state index in [-0.39, 0.29) is 29.4 Å². The highest BCUT2D eigenvalue weighted by Crippen LogP contribution is 2.29. The van der Waals surface area contributed by atoms with Gasteiger partial charge in [0, 0.05) is 24.1 Å². The Labute approximate surface area is 188 Å². The lowest BCUT2D eigenvalue weighted by atomic mass is 9.93. The van der Waals surface area contributed by atoms with Gasteiger partial charge < -0.3 is 5.32 Å². The van der Waals surface area contributed by atoms with E-state index in [9.17, 15) is 22.4 Å². The van der Waals surface area contributed by atoms with Gasteiger partial charge in [0.1, 0.15) is 12.0 Å². The number of aliphatic imine (C=N–C) groups is 1. The molecule has 10 heteroatoms. The van der Waals surface area contributed by atoms with E-state index in [1.807, 2.05) is 6.07 Å². The van der Waals surface area contributed by atoms with Gasteiger partial charge in [-0.25, -0.2) is 20.2 Å².